The molecule has 0 aromatic heterocycles. The molecule has 6 heteroatoms. The van der Waals surface area contributed by atoms with E-state index in [1.807, 2.05) is 23.9 Å². The lowest BCUT2D eigenvalue weighted by Gasteiger charge is -2.39. The van der Waals surface area contributed by atoms with Crippen LogP contribution in [0, 0.1) is 0 Å². The highest BCUT2D eigenvalue weighted by molar-refractivity contribution is 7.99. The number of methoxy groups -OCH3 is 2. The minimum absolute atomic E-state index is 0.105. The molecule has 2 N–H and O–H groups in total. The maximum Gasteiger partial charge on any atom is 0.179 e. The van der Waals surface area contributed by atoms with Crippen LogP contribution in [-0.2, 0) is 0 Å². The van der Waals surface area contributed by atoms with Gasteiger partial charge in [0.1, 0.15) is 0 Å². The SMILES string of the molecule is COc1ccc(C(CN)N2CCSCC2C)c(Cl)c1OC. The van der Waals surface area contributed by atoms with E-state index >= 15 is 0 Å². The molecule has 1 aliphatic rings. The molecular weight excluding hydrogens is 308 g/mol. The van der Waals surface area contributed by atoms with Crippen LogP contribution in [0.3, 0.4) is 0 Å². The smallest absolute Gasteiger partial charge is 0.179 e. The molecule has 2 atom stereocenters. The van der Waals surface area contributed by atoms with Gasteiger partial charge in [-0.15, -0.1) is 0 Å². The first-order chi connectivity index (χ1) is 10.1. The van der Waals surface area contributed by atoms with E-state index < -0.39 is 0 Å². The predicted octanol–water partition coefficient (Wildman–Crippen LogP) is 2.79. The average Bonchev–Trinajstić information content (AvgIpc) is 2.50. The highest BCUT2D eigenvalue weighted by Gasteiger charge is 2.29. The van der Waals surface area contributed by atoms with Gasteiger partial charge in [0.15, 0.2) is 11.5 Å². The molecule has 118 valence electrons. The molecule has 1 aromatic rings. The number of thioether (sulfide) groups is 1. The summed E-state index contributed by atoms with van der Waals surface area (Å²) in [6.07, 6.45) is 0. The molecule has 0 saturated carbocycles. The fourth-order valence-corrected chi connectivity index (χ4v) is 4.20. The zero-order valence-corrected chi connectivity index (χ0v) is 14.3. The van der Waals surface area contributed by atoms with Gasteiger partial charge < -0.3 is 15.2 Å². The summed E-state index contributed by atoms with van der Waals surface area (Å²) in [6, 6.07) is 4.48. The highest BCUT2D eigenvalue weighted by Crippen LogP contribution is 2.41. The normalized spacial score (nSPS) is 21.1. The minimum atomic E-state index is 0.105. The first-order valence-corrected chi connectivity index (χ1v) is 8.61. The Hall–Kier alpha value is -0.620. The van der Waals surface area contributed by atoms with Gasteiger partial charge in [0.05, 0.1) is 19.2 Å². The molecule has 2 unspecified atom stereocenters. The van der Waals surface area contributed by atoms with Crippen molar-refractivity contribution in [3.8, 4) is 11.5 Å². The van der Waals surface area contributed by atoms with Gasteiger partial charge in [-0.25, -0.2) is 0 Å². The quantitative estimate of drug-likeness (QED) is 0.899. The Balaban J connectivity index is 2.38. The highest BCUT2D eigenvalue weighted by atomic mass is 35.5. The summed E-state index contributed by atoms with van der Waals surface area (Å²) < 4.78 is 10.7. The Morgan fingerprint density at radius 3 is 2.76 bits per heavy atom. The van der Waals surface area contributed by atoms with E-state index in [4.69, 9.17) is 26.8 Å². The number of hydrogen-bond acceptors (Lipinski definition) is 5. The first-order valence-electron chi connectivity index (χ1n) is 7.08. The Morgan fingerprint density at radius 2 is 2.19 bits per heavy atom. The van der Waals surface area contributed by atoms with E-state index in [9.17, 15) is 0 Å². The first kappa shape index (κ1) is 16.7. The Kier molecular flexibility index (Phi) is 6.05. The summed E-state index contributed by atoms with van der Waals surface area (Å²) >= 11 is 8.53. The number of benzene rings is 1. The van der Waals surface area contributed by atoms with E-state index in [0.717, 1.165) is 23.6 Å². The second-order valence-corrected chi connectivity index (χ2v) is 6.65. The second-order valence-electron chi connectivity index (χ2n) is 5.12. The van der Waals surface area contributed by atoms with Crippen LogP contribution in [0.1, 0.15) is 18.5 Å². The molecule has 0 aliphatic carbocycles. The molecule has 0 bridgehead atoms. The Bertz CT molecular complexity index is 487. The lowest BCUT2D eigenvalue weighted by atomic mass is 10.0. The number of nitrogens with two attached hydrogens (primary N) is 1. The molecule has 21 heavy (non-hydrogen) atoms. The lowest BCUT2D eigenvalue weighted by molar-refractivity contribution is 0.165. The van der Waals surface area contributed by atoms with Crippen molar-refractivity contribution in [2.24, 2.45) is 5.73 Å². The third-order valence-electron chi connectivity index (χ3n) is 3.92. The topological polar surface area (TPSA) is 47.7 Å². The molecule has 0 spiro atoms. The van der Waals surface area contributed by atoms with Crippen molar-refractivity contribution in [3.05, 3.63) is 22.7 Å². The third kappa shape index (κ3) is 3.42. The van der Waals surface area contributed by atoms with Crippen molar-refractivity contribution in [3.63, 3.8) is 0 Å². The summed E-state index contributed by atoms with van der Waals surface area (Å²) in [5, 5.41) is 0.595. The van der Waals surface area contributed by atoms with Crippen LogP contribution < -0.4 is 15.2 Å². The van der Waals surface area contributed by atoms with Gasteiger partial charge in [-0.3, -0.25) is 4.90 Å². The van der Waals surface area contributed by atoms with Crippen LogP contribution in [-0.4, -0.2) is 49.8 Å². The molecule has 1 heterocycles. The van der Waals surface area contributed by atoms with Gasteiger partial charge in [-0.2, -0.15) is 11.8 Å². The molecular formula is C15H23ClN2O2S. The van der Waals surface area contributed by atoms with E-state index in [-0.39, 0.29) is 6.04 Å². The van der Waals surface area contributed by atoms with Crippen molar-refractivity contribution < 1.29 is 9.47 Å². The molecule has 4 nitrogen and oxygen atoms in total. The van der Waals surface area contributed by atoms with Crippen molar-refractivity contribution in [2.45, 2.75) is 19.0 Å². The summed E-state index contributed by atoms with van der Waals surface area (Å²) in [5.74, 6) is 3.48. The monoisotopic (exact) mass is 330 g/mol. The maximum absolute atomic E-state index is 6.54. The zero-order chi connectivity index (χ0) is 15.4. The van der Waals surface area contributed by atoms with Crippen molar-refractivity contribution in [1.82, 2.24) is 4.90 Å². The fraction of sp³-hybridized carbons (Fsp3) is 0.600. The number of ether oxygens (including phenoxy) is 2. The third-order valence-corrected chi connectivity index (χ3v) is 5.50. The molecule has 1 fully saturated rings. The maximum atomic E-state index is 6.54. The van der Waals surface area contributed by atoms with Gasteiger partial charge >= 0.3 is 0 Å². The molecule has 0 amide bonds. The van der Waals surface area contributed by atoms with E-state index in [0.29, 0.717) is 29.1 Å². The summed E-state index contributed by atoms with van der Waals surface area (Å²) in [7, 11) is 3.21. The minimum Gasteiger partial charge on any atom is -0.493 e. The van der Waals surface area contributed by atoms with E-state index in [1.165, 1.54) is 0 Å². The van der Waals surface area contributed by atoms with Crippen LogP contribution in [0.5, 0.6) is 11.5 Å². The number of halogens is 1. The lowest BCUT2D eigenvalue weighted by Crippen LogP contribution is -2.45. The summed E-state index contributed by atoms with van der Waals surface area (Å²) in [4.78, 5) is 2.43. The molecule has 1 aromatic carbocycles. The molecule has 1 aliphatic heterocycles. The molecule has 2 rings (SSSR count). The summed E-state index contributed by atoms with van der Waals surface area (Å²) in [5.41, 5.74) is 7.06. The van der Waals surface area contributed by atoms with Crippen molar-refractivity contribution in [2.75, 3.05) is 38.8 Å². The van der Waals surface area contributed by atoms with E-state index in [2.05, 4.69) is 11.8 Å². The zero-order valence-electron chi connectivity index (χ0n) is 12.8. The van der Waals surface area contributed by atoms with Crippen LogP contribution >= 0.6 is 23.4 Å². The molecule has 0 radical (unpaired) electrons. The van der Waals surface area contributed by atoms with Gasteiger partial charge in [-0.05, 0) is 18.6 Å². The largest absolute Gasteiger partial charge is 0.493 e. The number of rotatable bonds is 5. The fourth-order valence-electron chi connectivity index (χ4n) is 2.81. The van der Waals surface area contributed by atoms with Crippen molar-refractivity contribution >= 4 is 23.4 Å². The number of hydrogen-bond donors (Lipinski definition) is 1. The van der Waals surface area contributed by atoms with Crippen LogP contribution in [0.25, 0.3) is 0 Å². The second kappa shape index (κ2) is 7.58. The van der Waals surface area contributed by atoms with Gasteiger partial charge in [0.25, 0.3) is 0 Å². The summed E-state index contributed by atoms with van der Waals surface area (Å²) in [6.45, 7) is 3.80. The van der Waals surface area contributed by atoms with Gasteiger partial charge in [0, 0.05) is 36.7 Å². The predicted molar refractivity (Wildman–Crippen MR) is 89.8 cm³/mol. The van der Waals surface area contributed by atoms with Crippen LogP contribution in [0.2, 0.25) is 5.02 Å². The van der Waals surface area contributed by atoms with Crippen molar-refractivity contribution in [1.29, 1.82) is 0 Å². The standard InChI is InChI=1S/C15H23ClN2O2S/c1-10-9-21-7-6-18(10)12(8-17)11-4-5-13(19-2)15(20-3)14(11)16/h4-5,10,12H,6-9,17H2,1-3H3. The molecule has 1 saturated heterocycles. The van der Waals surface area contributed by atoms with Gasteiger partial charge in [-0.1, -0.05) is 17.7 Å². The van der Waals surface area contributed by atoms with Gasteiger partial charge in [0.2, 0.25) is 0 Å². The average molecular weight is 331 g/mol. The number of nitrogens with zero attached hydrogens (tertiary/aromatic N) is 1. The Morgan fingerprint density at radius 1 is 1.43 bits per heavy atom. The van der Waals surface area contributed by atoms with E-state index in [1.54, 1.807) is 14.2 Å². The van der Waals surface area contributed by atoms with Crippen LogP contribution in [0.15, 0.2) is 12.1 Å². The van der Waals surface area contributed by atoms with Crippen LogP contribution in [0.4, 0.5) is 0 Å². The Labute approximate surface area is 135 Å².